The van der Waals surface area contributed by atoms with E-state index < -0.39 is 0 Å². The summed E-state index contributed by atoms with van der Waals surface area (Å²) in [5.74, 6) is 0.238. The van der Waals surface area contributed by atoms with Gasteiger partial charge in [-0.1, -0.05) is 81.7 Å². The van der Waals surface area contributed by atoms with Crippen molar-refractivity contribution in [3.05, 3.63) is 124 Å². The van der Waals surface area contributed by atoms with E-state index in [2.05, 4.69) is 33.2 Å². The van der Waals surface area contributed by atoms with E-state index in [4.69, 9.17) is 9.25 Å². The highest BCUT2D eigenvalue weighted by Gasteiger charge is 2.32. The predicted molar refractivity (Wildman–Crippen MR) is 140 cm³/mol. The number of phenolic OH excluding ortho intramolecular Hbond substituents is 1. The molecule has 2 atom stereocenters. The molecule has 0 fully saturated rings. The zero-order valence-electron chi connectivity index (χ0n) is 19.1. The Morgan fingerprint density at radius 2 is 1.63 bits per heavy atom. The number of Topliss-reactive ketones (excluding diaryl/α,β-unsaturated/α-hetero) is 1. The maximum atomic E-state index is 13.5. The Morgan fingerprint density at radius 3 is 2.29 bits per heavy atom. The van der Waals surface area contributed by atoms with E-state index in [9.17, 15) is 9.90 Å². The Balaban J connectivity index is 1.55. The summed E-state index contributed by atoms with van der Waals surface area (Å²) >= 11 is 3.36. The van der Waals surface area contributed by atoms with Crippen LogP contribution in [0.3, 0.4) is 0 Å². The second kappa shape index (κ2) is 12.2. The Morgan fingerprint density at radius 1 is 0.943 bits per heavy atom. The van der Waals surface area contributed by atoms with E-state index in [0.29, 0.717) is 18.4 Å². The number of hydrogen-bond donors (Lipinski definition) is 1. The summed E-state index contributed by atoms with van der Waals surface area (Å²) in [5.41, 5.74) is 2.69. The van der Waals surface area contributed by atoms with Crippen LogP contribution in [0.4, 0.5) is 0 Å². The van der Waals surface area contributed by atoms with Crippen molar-refractivity contribution >= 4 is 27.9 Å². The maximum Gasteiger partial charge on any atom is 0.177 e. The van der Waals surface area contributed by atoms with E-state index in [0.717, 1.165) is 21.4 Å². The maximum absolute atomic E-state index is 13.5. The van der Waals surface area contributed by atoms with Crippen molar-refractivity contribution in [1.82, 2.24) is 0 Å². The molecule has 0 aliphatic carbocycles. The fourth-order valence-corrected chi connectivity index (χ4v) is 4.47. The summed E-state index contributed by atoms with van der Waals surface area (Å²) in [5, 5.41) is 13.9. The molecule has 1 heterocycles. The van der Waals surface area contributed by atoms with E-state index in [1.807, 2.05) is 60.7 Å². The fraction of sp³-hybridized carbons (Fsp3) is 0.172. The lowest BCUT2D eigenvalue weighted by Gasteiger charge is -2.25. The molecule has 0 radical (unpaired) electrons. The summed E-state index contributed by atoms with van der Waals surface area (Å²) in [6, 6.07) is 28.8. The quantitative estimate of drug-likeness (QED) is 0.176. The lowest BCUT2D eigenvalue weighted by molar-refractivity contribution is -0.128. The monoisotopic (exact) mass is 531 g/mol. The average molecular weight is 532 g/mol. The van der Waals surface area contributed by atoms with Crippen LogP contribution in [-0.4, -0.2) is 23.7 Å². The van der Waals surface area contributed by atoms with Crippen LogP contribution >= 0.6 is 15.9 Å². The molecule has 1 N–H and O–H groups in total. The van der Waals surface area contributed by atoms with Crippen molar-refractivity contribution < 1.29 is 19.2 Å². The molecule has 0 amide bonds. The minimum Gasteiger partial charge on any atom is -0.507 e. The fourth-order valence-electron chi connectivity index (χ4n) is 4.09. The number of hydrogen-bond acceptors (Lipinski definition) is 5. The van der Waals surface area contributed by atoms with E-state index in [-0.39, 0.29) is 30.0 Å². The van der Waals surface area contributed by atoms with E-state index in [1.54, 1.807) is 24.5 Å². The molecule has 4 rings (SSSR count). The number of rotatable bonds is 11. The highest BCUT2D eigenvalue weighted by atomic mass is 79.9. The van der Waals surface area contributed by atoms with Crippen molar-refractivity contribution in [2.75, 3.05) is 6.61 Å². The molecule has 5 nitrogen and oxygen atoms in total. The summed E-state index contributed by atoms with van der Waals surface area (Å²) in [4.78, 5) is 18.9. The highest BCUT2D eigenvalue weighted by Crippen LogP contribution is 2.33. The summed E-state index contributed by atoms with van der Waals surface area (Å²) in [6.45, 7) is -0.186. The normalized spacial score (nSPS) is 12.9. The molecule has 35 heavy (non-hydrogen) atoms. The number of aromatic hydroxyl groups is 1. The standard InChI is InChI=1S/C29H26BrNO4/c30-24-13-14-27(32)23(18-24)19-31-35-20-28(33)25(16-21-8-3-1-4-9-21)26(29-12-7-15-34-29)17-22-10-5-2-6-11-22/h1-15,18-19,25-26,32H,16-17,20H2. The zero-order valence-corrected chi connectivity index (χ0v) is 20.7. The first-order chi connectivity index (χ1) is 17.1. The lowest BCUT2D eigenvalue weighted by Crippen LogP contribution is -2.29. The van der Waals surface area contributed by atoms with E-state index >= 15 is 0 Å². The van der Waals surface area contributed by atoms with Gasteiger partial charge in [0.05, 0.1) is 12.5 Å². The molecular formula is C29H26BrNO4. The number of halogens is 1. The van der Waals surface area contributed by atoms with Gasteiger partial charge < -0.3 is 14.4 Å². The number of nitrogens with zero attached hydrogens (tertiary/aromatic N) is 1. The van der Waals surface area contributed by atoms with Gasteiger partial charge in [-0.2, -0.15) is 0 Å². The van der Waals surface area contributed by atoms with Gasteiger partial charge in [-0.3, -0.25) is 4.79 Å². The third kappa shape index (κ3) is 6.93. The first-order valence-corrected chi connectivity index (χ1v) is 12.2. The number of phenols is 1. The largest absolute Gasteiger partial charge is 0.507 e. The van der Waals surface area contributed by atoms with Gasteiger partial charge in [0, 0.05) is 21.9 Å². The molecule has 4 aromatic rings. The summed E-state index contributed by atoms with van der Waals surface area (Å²) < 4.78 is 6.59. The topological polar surface area (TPSA) is 72.0 Å². The van der Waals surface area contributed by atoms with Crippen molar-refractivity contribution in [3.63, 3.8) is 0 Å². The van der Waals surface area contributed by atoms with Crippen LogP contribution in [0, 0.1) is 5.92 Å². The van der Waals surface area contributed by atoms with Crippen molar-refractivity contribution in [3.8, 4) is 5.75 Å². The minimum absolute atomic E-state index is 0.0678. The Kier molecular flexibility index (Phi) is 8.52. The molecule has 0 aliphatic heterocycles. The van der Waals surface area contributed by atoms with Gasteiger partial charge in [0.15, 0.2) is 12.4 Å². The van der Waals surface area contributed by atoms with Crippen LogP contribution in [0.2, 0.25) is 0 Å². The SMILES string of the molecule is O=C(CON=Cc1cc(Br)ccc1O)C(Cc1ccccc1)C(Cc1ccccc1)c1ccco1. The number of benzene rings is 3. The molecule has 0 saturated carbocycles. The molecule has 2 unspecified atom stereocenters. The molecule has 178 valence electrons. The Labute approximate surface area is 213 Å². The smallest absolute Gasteiger partial charge is 0.177 e. The Hall–Kier alpha value is -3.64. The van der Waals surface area contributed by atoms with Gasteiger partial charge in [0.2, 0.25) is 0 Å². The van der Waals surface area contributed by atoms with Gasteiger partial charge in [0.1, 0.15) is 11.5 Å². The molecule has 6 heteroatoms. The molecule has 1 aromatic heterocycles. The van der Waals surface area contributed by atoms with Gasteiger partial charge >= 0.3 is 0 Å². The van der Waals surface area contributed by atoms with Crippen LogP contribution in [0.25, 0.3) is 0 Å². The number of carbonyl (C=O) groups excluding carboxylic acids is 1. The molecule has 0 aliphatic rings. The van der Waals surface area contributed by atoms with Crippen molar-refractivity contribution in [1.29, 1.82) is 0 Å². The number of oxime groups is 1. The lowest BCUT2D eigenvalue weighted by atomic mass is 9.79. The second-order valence-corrected chi connectivity index (χ2v) is 9.20. The first kappa shape index (κ1) is 24.5. The summed E-state index contributed by atoms with van der Waals surface area (Å²) in [7, 11) is 0. The third-order valence-corrected chi connectivity index (χ3v) is 6.36. The third-order valence-electron chi connectivity index (χ3n) is 5.87. The van der Waals surface area contributed by atoms with Gasteiger partial charge in [-0.05, 0) is 54.3 Å². The minimum atomic E-state index is -0.377. The molecule has 0 saturated heterocycles. The molecule has 0 bridgehead atoms. The molecular weight excluding hydrogens is 506 g/mol. The van der Waals surface area contributed by atoms with Gasteiger partial charge in [-0.25, -0.2) is 0 Å². The molecule has 3 aromatic carbocycles. The van der Waals surface area contributed by atoms with Crippen LogP contribution < -0.4 is 0 Å². The predicted octanol–water partition coefficient (Wildman–Crippen LogP) is 6.55. The van der Waals surface area contributed by atoms with Crippen LogP contribution in [-0.2, 0) is 22.5 Å². The van der Waals surface area contributed by atoms with Gasteiger partial charge in [0.25, 0.3) is 0 Å². The van der Waals surface area contributed by atoms with Gasteiger partial charge in [-0.15, -0.1) is 0 Å². The van der Waals surface area contributed by atoms with Crippen LogP contribution in [0.1, 0.15) is 28.4 Å². The van der Waals surface area contributed by atoms with E-state index in [1.165, 1.54) is 6.21 Å². The van der Waals surface area contributed by atoms with Crippen LogP contribution in [0.5, 0.6) is 5.75 Å². The second-order valence-electron chi connectivity index (χ2n) is 8.29. The van der Waals surface area contributed by atoms with Crippen LogP contribution in [0.15, 0.2) is 111 Å². The van der Waals surface area contributed by atoms with Crippen molar-refractivity contribution in [2.24, 2.45) is 11.1 Å². The number of carbonyl (C=O) groups is 1. The highest BCUT2D eigenvalue weighted by molar-refractivity contribution is 9.10. The van der Waals surface area contributed by atoms with Crippen molar-refractivity contribution in [2.45, 2.75) is 18.8 Å². The average Bonchev–Trinajstić information content (AvgIpc) is 3.42. The Bertz CT molecular complexity index is 1240. The summed E-state index contributed by atoms with van der Waals surface area (Å²) in [6.07, 6.45) is 4.25. The number of ketones is 1. The zero-order chi connectivity index (χ0) is 24.5. The molecule has 0 spiro atoms. The number of furan rings is 1. The first-order valence-electron chi connectivity index (χ1n) is 11.4.